The number of carbonyl (C=O) groups excluding carboxylic acids is 1. The molecule has 5 nitrogen and oxygen atoms in total. The van der Waals surface area contributed by atoms with Crippen LogP contribution in [0.3, 0.4) is 0 Å². The van der Waals surface area contributed by atoms with E-state index >= 15 is 0 Å². The van der Waals surface area contributed by atoms with Crippen molar-refractivity contribution in [2.24, 2.45) is 4.99 Å². The first kappa shape index (κ1) is 8.16. The molecule has 5 heteroatoms. The smallest absolute Gasteiger partial charge is 0.377 e. The molecule has 15 heavy (non-hydrogen) atoms. The number of allylic oxidation sites excluding steroid dienone is 1. The molecule has 0 aliphatic carbocycles. The van der Waals surface area contributed by atoms with Gasteiger partial charge in [-0.25, -0.2) is 4.79 Å². The summed E-state index contributed by atoms with van der Waals surface area (Å²) >= 11 is 0. The van der Waals surface area contributed by atoms with E-state index in [4.69, 9.17) is 9.84 Å². The van der Waals surface area contributed by atoms with Crippen molar-refractivity contribution in [1.82, 2.24) is 0 Å². The van der Waals surface area contributed by atoms with E-state index < -0.39 is 17.4 Å². The highest BCUT2D eigenvalue weighted by atomic mass is 16.5. The van der Waals surface area contributed by atoms with Crippen molar-refractivity contribution in [3.05, 3.63) is 35.3 Å². The molecule has 74 valence electrons. The second-order valence-corrected chi connectivity index (χ2v) is 3.40. The molecule has 0 saturated heterocycles. The maximum atomic E-state index is 11.6. The largest absolute Gasteiger partial charge is 0.475 e. The zero-order valence-electron chi connectivity index (χ0n) is 7.43. The lowest BCUT2D eigenvalue weighted by Gasteiger charge is -2.20. The molecule has 0 amide bonds. The maximum absolute atomic E-state index is 11.6. The van der Waals surface area contributed by atoms with Crippen molar-refractivity contribution < 1.29 is 19.4 Å². The van der Waals surface area contributed by atoms with Gasteiger partial charge < -0.3 is 9.84 Å². The maximum Gasteiger partial charge on any atom is 0.377 e. The summed E-state index contributed by atoms with van der Waals surface area (Å²) in [7, 11) is 0. The number of hydrogen-bond acceptors (Lipinski definition) is 4. The summed E-state index contributed by atoms with van der Waals surface area (Å²) in [6.45, 7) is 0. The molecule has 0 aromatic carbocycles. The van der Waals surface area contributed by atoms with Crippen molar-refractivity contribution in [1.29, 1.82) is 0 Å². The minimum absolute atomic E-state index is 0.511. The van der Waals surface area contributed by atoms with E-state index in [2.05, 4.69) is 4.99 Å². The fourth-order valence-electron chi connectivity index (χ4n) is 1.94. The van der Waals surface area contributed by atoms with E-state index in [1.54, 1.807) is 12.3 Å². The number of nitrogens with zero attached hydrogens (tertiary/aromatic N) is 1. The molecular weight excluding hydrogens is 198 g/mol. The van der Waals surface area contributed by atoms with Gasteiger partial charge >= 0.3 is 5.97 Å². The lowest BCUT2D eigenvalue weighted by atomic mass is 9.85. The van der Waals surface area contributed by atoms with Gasteiger partial charge in [0.2, 0.25) is 5.60 Å². The summed E-state index contributed by atoms with van der Waals surface area (Å²) in [5.74, 6) is -1.98. The zero-order chi connectivity index (χ0) is 10.6. The summed E-state index contributed by atoms with van der Waals surface area (Å²) in [5.41, 5.74) is -0.244. The summed E-state index contributed by atoms with van der Waals surface area (Å²) in [6, 6.07) is 0. The number of Topliss-reactive ketones (excluding diaryl/α,β-unsaturated/α-hetero) is 1. The number of ether oxygens (including phenoxy) is 1. The number of aliphatic carboxylic acids is 1. The van der Waals surface area contributed by atoms with Crippen LogP contribution < -0.4 is 0 Å². The van der Waals surface area contributed by atoms with Gasteiger partial charge in [0, 0.05) is 23.6 Å². The molecule has 0 spiro atoms. The molecule has 1 N–H and O–H groups in total. The third kappa shape index (κ3) is 0.758. The van der Waals surface area contributed by atoms with Gasteiger partial charge in [0.25, 0.3) is 5.78 Å². The van der Waals surface area contributed by atoms with E-state index in [1.807, 2.05) is 0 Å². The first-order valence-electron chi connectivity index (χ1n) is 4.29. The van der Waals surface area contributed by atoms with Gasteiger partial charge in [0.1, 0.15) is 5.76 Å². The van der Waals surface area contributed by atoms with E-state index in [-0.39, 0.29) is 0 Å². The van der Waals surface area contributed by atoms with Crippen LogP contribution in [0.1, 0.15) is 0 Å². The van der Waals surface area contributed by atoms with Crippen LogP contribution in [0, 0.1) is 0 Å². The van der Waals surface area contributed by atoms with Crippen LogP contribution in [0.25, 0.3) is 0 Å². The lowest BCUT2D eigenvalue weighted by molar-refractivity contribution is -0.154. The average Bonchev–Trinajstić information content (AvgIpc) is 2.88. The Hall–Kier alpha value is -2.17. The van der Waals surface area contributed by atoms with Gasteiger partial charge in [0.05, 0.1) is 0 Å². The first-order valence-corrected chi connectivity index (χ1v) is 4.29. The molecule has 3 rings (SSSR count). The number of carboxylic acids is 1. The number of ketones is 1. The van der Waals surface area contributed by atoms with E-state index in [1.165, 1.54) is 12.3 Å². The predicted molar refractivity (Wildman–Crippen MR) is 49.2 cm³/mol. The monoisotopic (exact) mass is 203 g/mol. The Labute approximate surface area is 84.1 Å². The number of carboxylic acid groups (broad SMARTS) is 1. The van der Waals surface area contributed by atoms with Crippen molar-refractivity contribution in [2.75, 3.05) is 0 Å². The molecule has 1 unspecified atom stereocenters. The van der Waals surface area contributed by atoms with Gasteiger partial charge in [-0.05, 0) is 12.2 Å². The minimum Gasteiger partial charge on any atom is -0.475 e. The van der Waals surface area contributed by atoms with E-state index in [0.29, 0.717) is 16.9 Å². The Morgan fingerprint density at radius 1 is 1.47 bits per heavy atom. The zero-order valence-corrected chi connectivity index (χ0v) is 7.43. The Morgan fingerprint density at radius 3 is 3.00 bits per heavy atom. The highest BCUT2D eigenvalue weighted by molar-refractivity contribution is 6.38. The summed E-state index contributed by atoms with van der Waals surface area (Å²) in [6.07, 6.45) is 6.09. The van der Waals surface area contributed by atoms with E-state index in [9.17, 15) is 9.59 Å². The number of rotatable bonds is 2. The third-order valence-corrected chi connectivity index (χ3v) is 2.63. The van der Waals surface area contributed by atoms with E-state index in [0.717, 1.165) is 0 Å². The second kappa shape index (κ2) is 2.25. The van der Waals surface area contributed by atoms with Crippen LogP contribution in [0.2, 0.25) is 0 Å². The molecule has 0 fully saturated rings. The summed E-state index contributed by atoms with van der Waals surface area (Å²) in [4.78, 5) is 26.2. The molecule has 0 radical (unpaired) electrons. The van der Waals surface area contributed by atoms with Crippen LogP contribution in [-0.2, 0) is 14.3 Å². The van der Waals surface area contributed by atoms with Crippen molar-refractivity contribution in [3.8, 4) is 0 Å². The van der Waals surface area contributed by atoms with Gasteiger partial charge in [-0.1, -0.05) is 0 Å². The minimum atomic E-state index is -1.50. The Balaban J connectivity index is 2.16. The molecule has 0 saturated carbocycles. The molecule has 0 aromatic heterocycles. The predicted octanol–water partition coefficient (Wildman–Crippen LogP) is 0.201. The van der Waals surface area contributed by atoms with Crippen LogP contribution in [0.5, 0.6) is 0 Å². The summed E-state index contributed by atoms with van der Waals surface area (Å²) in [5, 5.41) is 8.73. The number of carbonyl (C=O) groups is 2. The standard InChI is InChI=1S/C10H5NO4/c12-8(9(13)14)10-2-1-7(15-10)5-3-11-4-6(5)10/h1-4H,(H,13,14). The number of aliphatic imine (C=N–C) groups is 1. The van der Waals surface area contributed by atoms with Crippen LogP contribution in [0.4, 0.5) is 0 Å². The fourth-order valence-corrected chi connectivity index (χ4v) is 1.94. The Kier molecular flexibility index (Phi) is 1.22. The number of fused-ring (bicyclic) bond motifs is 4. The van der Waals surface area contributed by atoms with Crippen LogP contribution in [-0.4, -0.2) is 28.7 Å². The fraction of sp³-hybridized carbons (Fsp3) is 0.100. The van der Waals surface area contributed by atoms with Crippen molar-refractivity contribution in [2.45, 2.75) is 5.60 Å². The highest BCUT2D eigenvalue weighted by Gasteiger charge is 2.55. The molecule has 2 bridgehead atoms. The quantitative estimate of drug-likeness (QED) is 0.650. The molecule has 3 heterocycles. The van der Waals surface area contributed by atoms with Gasteiger partial charge in [-0.3, -0.25) is 9.79 Å². The average molecular weight is 203 g/mol. The summed E-state index contributed by atoms with van der Waals surface area (Å²) < 4.78 is 5.33. The van der Waals surface area contributed by atoms with Gasteiger partial charge in [-0.15, -0.1) is 0 Å². The molecule has 1 atom stereocenters. The van der Waals surface area contributed by atoms with Gasteiger partial charge in [0.15, 0.2) is 0 Å². The Morgan fingerprint density at radius 2 is 2.27 bits per heavy atom. The number of hydrogen-bond donors (Lipinski definition) is 1. The Bertz CT molecular complexity index is 524. The molecule has 3 aliphatic heterocycles. The van der Waals surface area contributed by atoms with Crippen molar-refractivity contribution in [3.63, 3.8) is 0 Å². The normalized spacial score (nSPS) is 29.2. The highest BCUT2D eigenvalue weighted by Crippen LogP contribution is 2.47. The topological polar surface area (TPSA) is 76.0 Å². The molecule has 0 aromatic rings. The van der Waals surface area contributed by atoms with Crippen LogP contribution >= 0.6 is 0 Å². The first-order chi connectivity index (χ1) is 7.15. The lowest BCUT2D eigenvalue weighted by Crippen LogP contribution is -2.41. The second-order valence-electron chi connectivity index (χ2n) is 3.40. The molecule has 3 aliphatic rings. The van der Waals surface area contributed by atoms with Crippen LogP contribution in [0.15, 0.2) is 40.2 Å². The van der Waals surface area contributed by atoms with Crippen molar-refractivity contribution >= 4 is 18.0 Å². The van der Waals surface area contributed by atoms with Gasteiger partial charge in [-0.2, -0.15) is 0 Å². The SMILES string of the molecule is O=C(O)C(=O)C12C=CC(=C3C=NC=C31)O2. The third-order valence-electron chi connectivity index (χ3n) is 2.63. The molecular formula is C10H5NO4.